The maximum absolute atomic E-state index is 12.5. The van der Waals surface area contributed by atoms with Crippen molar-refractivity contribution in [3.05, 3.63) is 72.6 Å². The van der Waals surface area contributed by atoms with E-state index in [1.54, 1.807) is 10.9 Å². The van der Waals surface area contributed by atoms with Crippen LogP contribution in [0.5, 0.6) is 5.75 Å². The van der Waals surface area contributed by atoms with Gasteiger partial charge in [-0.2, -0.15) is 5.10 Å². The molecule has 0 aliphatic heterocycles. The number of amides is 1. The maximum atomic E-state index is 12.5. The van der Waals surface area contributed by atoms with Gasteiger partial charge < -0.3 is 15.0 Å². The van der Waals surface area contributed by atoms with Crippen molar-refractivity contribution in [2.45, 2.75) is 20.3 Å². The van der Waals surface area contributed by atoms with Gasteiger partial charge in [-0.25, -0.2) is 4.68 Å². The molecule has 0 saturated heterocycles. The van der Waals surface area contributed by atoms with Crippen LogP contribution in [0, 0.1) is 0 Å². The fourth-order valence-corrected chi connectivity index (χ4v) is 3.07. The number of hydrogen-bond donors (Lipinski definition) is 1. The molecule has 0 saturated carbocycles. The molecule has 29 heavy (non-hydrogen) atoms. The van der Waals surface area contributed by atoms with Crippen LogP contribution in [0.2, 0.25) is 0 Å². The fraction of sp³-hybridized carbons (Fsp3) is 0.304. The van der Waals surface area contributed by atoms with E-state index in [9.17, 15) is 4.79 Å². The zero-order valence-corrected chi connectivity index (χ0v) is 17.0. The number of para-hydroxylation sites is 3. The van der Waals surface area contributed by atoms with Gasteiger partial charge in [-0.15, -0.1) is 0 Å². The lowest BCUT2D eigenvalue weighted by molar-refractivity contribution is -0.115. The highest BCUT2D eigenvalue weighted by Crippen LogP contribution is 2.24. The number of anilines is 1. The molecule has 1 amide bonds. The number of ether oxygens (including phenoxy) is 1. The molecule has 0 unspecified atom stereocenters. The lowest BCUT2D eigenvalue weighted by Crippen LogP contribution is -2.28. The molecule has 3 rings (SSSR count). The van der Waals surface area contributed by atoms with Crippen molar-refractivity contribution >= 4 is 11.6 Å². The molecule has 152 valence electrons. The molecule has 0 aliphatic carbocycles. The molecular formula is C23H28N4O2. The van der Waals surface area contributed by atoms with Crippen LogP contribution in [0.25, 0.3) is 5.69 Å². The number of nitrogens with one attached hydrogen (secondary N) is 1. The Labute approximate surface area is 172 Å². The van der Waals surface area contributed by atoms with E-state index in [1.807, 2.05) is 60.8 Å². The normalized spacial score (nSPS) is 10.9. The number of carbonyl (C=O) groups excluding carboxylic acids is 1. The first kappa shape index (κ1) is 20.6. The van der Waals surface area contributed by atoms with Gasteiger partial charge in [0, 0.05) is 12.7 Å². The van der Waals surface area contributed by atoms with Crippen LogP contribution in [-0.4, -0.2) is 46.8 Å². The van der Waals surface area contributed by atoms with E-state index in [0.717, 1.165) is 30.9 Å². The minimum Gasteiger partial charge on any atom is -0.490 e. The van der Waals surface area contributed by atoms with E-state index in [-0.39, 0.29) is 12.3 Å². The molecule has 0 spiro atoms. The summed E-state index contributed by atoms with van der Waals surface area (Å²) in [6.45, 7) is 7.70. The summed E-state index contributed by atoms with van der Waals surface area (Å²) >= 11 is 0. The van der Waals surface area contributed by atoms with Crippen molar-refractivity contribution in [1.82, 2.24) is 14.7 Å². The van der Waals surface area contributed by atoms with Crippen LogP contribution in [0.15, 0.2) is 67.0 Å². The molecule has 0 bridgehead atoms. The van der Waals surface area contributed by atoms with Gasteiger partial charge in [0.05, 0.1) is 24.0 Å². The van der Waals surface area contributed by atoms with Crippen molar-refractivity contribution in [2.75, 3.05) is 31.6 Å². The monoisotopic (exact) mass is 392 g/mol. The SMILES string of the molecule is CCN(CC)CCOc1ccccc1NC(=O)Cc1cnn(-c2ccccc2)c1. The Hall–Kier alpha value is -3.12. The third kappa shape index (κ3) is 5.93. The molecule has 3 aromatic rings. The number of hydrogen-bond acceptors (Lipinski definition) is 4. The average Bonchev–Trinajstić information content (AvgIpc) is 3.21. The van der Waals surface area contributed by atoms with E-state index in [0.29, 0.717) is 18.0 Å². The van der Waals surface area contributed by atoms with Gasteiger partial charge in [0.15, 0.2) is 0 Å². The first-order chi connectivity index (χ1) is 14.2. The number of nitrogens with zero attached hydrogens (tertiary/aromatic N) is 3. The Morgan fingerprint density at radius 1 is 1.07 bits per heavy atom. The standard InChI is InChI=1S/C23H28N4O2/c1-3-26(4-2)14-15-29-22-13-9-8-12-21(22)25-23(28)16-19-17-24-27(18-19)20-10-6-5-7-11-20/h5-13,17-18H,3-4,14-16H2,1-2H3,(H,25,28). The number of carbonyl (C=O) groups is 1. The highest BCUT2D eigenvalue weighted by molar-refractivity contribution is 5.93. The van der Waals surface area contributed by atoms with Crippen LogP contribution in [0.4, 0.5) is 5.69 Å². The first-order valence-corrected chi connectivity index (χ1v) is 10.0. The molecule has 6 nitrogen and oxygen atoms in total. The van der Waals surface area contributed by atoms with Crippen LogP contribution in [0.1, 0.15) is 19.4 Å². The number of aromatic nitrogens is 2. The van der Waals surface area contributed by atoms with Gasteiger partial charge in [0.2, 0.25) is 5.91 Å². The molecule has 0 aliphatic rings. The Morgan fingerprint density at radius 2 is 1.79 bits per heavy atom. The molecule has 0 atom stereocenters. The van der Waals surface area contributed by atoms with Crippen molar-refractivity contribution in [2.24, 2.45) is 0 Å². The minimum absolute atomic E-state index is 0.0996. The Bertz CT molecular complexity index is 904. The second-order valence-corrected chi connectivity index (χ2v) is 6.73. The molecule has 6 heteroatoms. The molecule has 1 N–H and O–H groups in total. The third-order valence-corrected chi connectivity index (χ3v) is 4.74. The van der Waals surface area contributed by atoms with E-state index in [1.165, 1.54) is 0 Å². The summed E-state index contributed by atoms with van der Waals surface area (Å²) in [4.78, 5) is 14.8. The van der Waals surface area contributed by atoms with Crippen LogP contribution < -0.4 is 10.1 Å². The van der Waals surface area contributed by atoms with Gasteiger partial charge in [-0.3, -0.25) is 4.79 Å². The van der Waals surface area contributed by atoms with Gasteiger partial charge in [-0.05, 0) is 42.9 Å². The quantitative estimate of drug-likeness (QED) is 0.571. The topological polar surface area (TPSA) is 59.4 Å². The largest absolute Gasteiger partial charge is 0.490 e. The molecule has 0 radical (unpaired) electrons. The van der Waals surface area contributed by atoms with Gasteiger partial charge in [-0.1, -0.05) is 44.2 Å². The third-order valence-electron chi connectivity index (χ3n) is 4.74. The van der Waals surface area contributed by atoms with Crippen molar-refractivity contribution in [1.29, 1.82) is 0 Å². The predicted molar refractivity (Wildman–Crippen MR) is 116 cm³/mol. The summed E-state index contributed by atoms with van der Waals surface area (Å²) in [6.07, 6.45) is 3.85. The lowest BCUT2D eigenvalue weighted by Gasteiger charge is -2.19. The van der Waals surface area contributed by atoms with Gasteiger partial charge >= 0.3 is 0 Å². The highest BCUT2D eigenvalue weighted by atomic mass is 16.5. The van der Waals surface area contributed by atoms with Crippen molar-refractivity contribution in [3.8, 4) is 11.4 Å². The number of rotatable bonds is 10. The summed E-state index contributed by atoms with van der Waals surface area (Å²) in [5.41, 5.74) is 2.50. The highest BCUT2D eigenvalue weighted by Gasteiger charge is 2.11. The Morgan fingerprint density at radius 3 is 2.55 bits per heavy atom. The van der Waals surface area contributed by atoms with E-state index >= 15 is 0 Å². The zero-order chi connectivity index (χ0) is 20.5. The summed E-state index contributed by atoms with van der Waals surface area (Å²) < 4.78 is 7.68. The zero-order valence-electron chi connectivity index (χ0n) is 17.0. The van der Waals surface area contributed by atoms with Crippen LogP contribution in [-0.2, 0) is 11.2 Å². The summed E-state index contributed by atoms with van der Waals surface area (Å²) in [6, 6.07) is 17.4. The molecule has 2 aromatic carbocycles. The second-order valence-electron chi connectivity index (χ2n) is 6.73. The molecule has 0 fully saturated rings. The van der Waals surface area contributed by atoms with Crippen molar-refractivity contribution in [3.63, 3.8) is 0 Å². The summed E-state index contributed by atoms with van der Waals surface area (Å²) in [5, 5.41) is 7.30. The Kier molecular flexibility index (Phi) is 7.41. The molecule has 1 heterocycles. The summed E-state index contributed by atoms with van der Waals surface area (Å²) in [5.74, 6) is 0.588. The maximum Gasteiger partial charge on any atom is 0.229 e. The van der Waals surface area contributed by atoms with Gasteiger partial charge in [0.1, 0.15) is 12.4 Å². The van der Waals surface area contributed by atoms with Crippen LogP contribution in [0.3, 0.4) is 0 Å². The second kappa shape index (κ2) is 10.4. The summed E-state index contributed by atoms with van der Waals surface area (Å²) in [7, 11) is 0. The van der Waals surface area contributed by atoms with E-state index < -0.39 is 0 Å². The van der Waals surface area contributed by atoms with Gasteiger partial charge in [0.25, 0.3) is 0 Å². The Balaban J connectivity index is 1.58. The first-order valence-electron chi connectivity index (χ1n) is 10.0. The lowest BCUT2D eigenvalue weighted by atomic mass is 10.2. The molecular weight excluding hydrogens is 364 g/mol. The molecule has 1 aromatic heterocycles. The fourth-order valence-electron chi connectivity index (χ4n) is 3.07. The van der Waals surface area contributed by atoms with Crippen molar-refractivity contribution < 1.29 is 9.53 Å². The average molecular weight is 393 g/mol. The smallest absolute Gasteiger partial charge is 0.229 e. The van der Waals surface area contributed by atoms with E-state index in [4.69, 9.17) is 4.74 Å². The number of likely N-dealkylation sites (N-methyl/N-ethyl adjacent to an activating group) is 1. The minimum atomic E-state index is -0.0996. The van der Waals surface area contributed by atoms with E-state index in [2.05, 4.69) is 29.2 Å². The predicted octanol–water partition coefficient (Wildman–Crippen LogP) is 3.77. The van der Waals surface area contributed by atoms with Crippen LogP contribution >= 0.6 is 0 Å². The number of benzene rings is 2.